The average Bonchev–Trinajstić information content (AvgIpc) is 3.31. The van der Waals surface area contributed by atoms with Crippen LogP contribution in [-0.2, 0) is 30.4 Å². The number of guanidine groups is 1. The number of hydrogen-bond donors (Lipinski definition) is 9. The second kappa shape index (κ2) is 15.8. The maximum atomic E-state index is 13.0. The number of carbonyl (C=O) groups is 5. The van der Waals surface area contributed by atoms with Crippen molar-refractivity contribution >= 4 is 35.6 Å². The lowest BCUT2D eigenvalue weighted by Gasteiger charge is -2.25. The number of aliphatic imine (C=N–C) groups is 1. The van der Waals surface area contributed by atoms with E-state index in [1.165, 1.54) is 12.5 Å². The molecule has 1 aromatic heterocycles. The predicted octanol–water partition coefficient (Wildman–Crippen LogP) is -2.61. The third-order valence-corrected chi connectivity index (χ3v) is 5.24. The van der Waals surface area contributed by atoms with Crippen molar-refractivity contribution in [3.63, 3.8) is 0 Å². The monoisotopic (exact) mass is 539 g/mol. The fraction of sp³-hybridized carbons (Fsp3) is 0.591. The number of amides is 3. The highest BCUT2D eigenvalue weighted by atomic mass is 16.4. The Morgan fingerprint density at radius 1 is 1.00 bits per heavy atom. The standard InChI is InChI=1S/C22H37N9O7/c1-11(2)6-15(30-18(34)13(23)7-12-9-26-10-28-12)19(35)31-16(8-17(32)33)20(36)29-14(21(37)38)4-3-5-27-22(24)25/h9-11,13-16H,3-8,23H2,1-2H3,(H,26,28)(H,29,36)(H,30,34)(H,31,35)(H,32,33)(H,37,38)(H4,24,25,27). The highest BCUT2D eigenvalue weighted by molar-refractivity contribution is 5.95. The van der Waals surface area contributed by atoms with Crippen LogP contribution in [0.5, 0.6) is 0 Å². The predicted molar refractivity (Wildman–Crippen MR) is 135 cm³/mol. The number of carboxylic acid groups (broad SMARTS) is 2. The summed E-state index contributed by atoms with van der Waals surface area (Å²) in [5.41, 5.74) is 17.0. The molecule has 0 bridgehead atoms. The molecule has 1 rings (SSSR count). The summed E-state index contributed by atoms with van der Waals surface area (Å²) >= 11 is 0. The zero-order valence-electron chi connectivity index (χ0n) is 21.3. The topological polar surface area (TPSA) is 281 Å². The van der Waals surface area contributed by atoms with Gasteiger partial charge in [-0.3, -0.25) is 24.2 Å². The molecule has 16 heteroatoms. The summed E-state index contributed by atoms with van der Waals surface area (Å²) in [6.07, 6.45) is 2.58. The summed E-state index contributed by atoms with van der Waals surface area (Å²) in [6.45, 7) is 3.73. The van der Waals surface area contributed by atoms with Crippen LogP contribution in [0.15, 0.2) is 17.5 Å². The molecule has 12 N–H and O–H groups in total. The van der Waals surface area contributed by atoms with Crippen LogP contribution in [0.1, 0.15) is 45.2 Å². The van der Waals surface area contributed by atoms with Gasteiger partial charge in [0.1, 0.15) is 18.1 Å². The first-order valence-electron chi connectivity index (χ1n) is 11.9. The molecule has 3 amide bonds. The van der Waals surface area contributed by atoms with Gasteiger partial charge < -0.3 is 48.3 Å². The molecule has 0 aliphatic carbocycles. The van der Waals surface area contributed by atoms with Gasteiger partial charge in [0, 0.05) is 24.9 Å². The summed E-state index contributed by atoms with van der Waals surface area (Å²) in [4.78, 5) is 71.8. The van der Waals surface area contributed by atoms with Crippen LogP contribution in [0.2, 0.25) is 0 Å². The molecule has 4 unspecified atom stereocenters. The van der Waals surface area contributed by atoms with E-state index in [9.17, 15) is 34.2 Å². The molecular formula is C22H37N9O7. The Morgan fingerprint density at radius 3 is 2.13 bits per heavy atom. The fourth-order valence-electron chi connectivity index (χ4n) is 3.40. The van der Waals surface area contributed by atoms with Gasteiger partial charge in [-0.25, -0.2) is 9.78 Å². The van der Waals surface area contributed by atoms with Crippen LogP contribution < -0.4 is 33.2 Å². The van der Waals surface area contributed by atoms with Gasteiger partial charge in [-0.05, 0) is 25.2 Å². The Morgan fingerprint density at radius 2 is 1.61 bits per heavy atom. The molecule has 16 nitrogen and oxygen atoms in total. The fourth-order valence-corrected chi connectivity index (χ4v) is 3.40. The lowest BCUT2D eigenvalue weighted by molar-refractivity contribution is -0.143. The zero-order chi connectivity index (χ0) is 28.8. The number of carboxylic acids is 2. The minimum atomic E-state index is -1.61. The lowest BCUT2D eigenvalue weighted by atomic mass is 10.0. The summed E-state index contributed by atoms with van der Waals surface area (Å²) in [5, 5.41) is 25.8. The van der Waals surface area contributed by atoms with Gasteiger partial charge in [-0.2, -0.15) is 0 Å². The van der Waals surface area contributed by atoms with Crippen molar-refractivity contribution in [3.05, 3.63) is 18.2 Å². The van der Waals surface area contributed by atoms with Crippen LogP contribution >= 0.6 is 0 Å². The highest BCUT2D eigenvalue weighted by Crippen LogP contribution is 2.08. The molecule has 38 heavy (non-hydrogen) atoms. The summed E-state index contributed by atoms with van der Waals surface area (Å²) in [5.74, 6) is -5.47. The smallest absolute Gasteiger partial charge is 0.326 e. The molecule has 0 aromatic carbocycles. The van der Waals surface area contributed by atoms with Crippen LogP contribution in [0.3, 0.4) is 0 Å². The quantitative estimate of drug-likeness (QED) is 0.0561. The lowest BCUT2D eigenvalue weighted by Crippen LogP contribution is -2.57. The Labute approximate surface area is 219 Å². The second-order valence-electron chi connectivity index (χ2n) is 9.09. The van der Waals surface area contributed by atoms with Crippen molar-refractivity contribution in [2.45, 2.75) is 70.1 Å². The molecule has 0 spiro atoms. The Kier molecular flexibility index (Phi) is 13.2. The number of aliphatic carboxylic acids is 2. The number of imidazole rings is 1. The van der Waals surface area contributed by atoms with E-state index in [2.05, 4.69) is 30.9 Å². The molecular weight excluding hydrogens is 502 g/mol. The minimum absolute atomic E-state index is 0.0498. The third kappa shape index (κ3) is 12.2. The van der Waals surface area contributed by atoms with Crippen LogP contribution in [0, 0.1) is 5.92 Å². The Hall–Kier alpha value is -4.21. The number of nitrogens with zero attached hydrogens (tertiary/aromatic N) is 2. The van der Waals surface area contributed by atoms with E-state index in [0.717, 1.165) is 0 Å². The van der Waals surface area contributed by atoms with E-state index < -0.39 is 60.2 Å². The van der Waals surface area contributed by atoms with Crippen LogP contribution in [0.25, 0.3) is 0 Å². The largest absolute Gasteiger partial charge is 0.481 e. The highest BCUT2D eigenvalue weighted by Gasteiger charge is 2.32. The summed E-state index contributed by atoms with van der Waals surface area (Å²) < 4.78 is 0. The molecule has 1 aromatic rings. The van der Waals surface area contributed by atoms with E-state index >= 15 is 0 Å². The second-order valence-corrected chi connectivity index (χ2v) is 9.09. The van der Waals surface area contributed by atoms with Gasteiger partial charge in [0.05, 0.1) is 18.8 Å². The maximum absolute atomic E-state index is 13.0. The first-order chi connectivity index (χ1) is 17.8. The number of H-pyrrole nitrogens is 1. The third-order valence-electron chi connectivity index (χ3n) is 5.24. The molecule has 0 fully saturated rings. The molecule has 0 radical (unpaired) electrons. The van der Waals surface area contributed by atoms with E-state index in [0.29, 0.717) is 5.69 Å². The SMILES string of the molecule is CC(C)CC(NC(=O)C(N)Cc1cnc[nH]1)C(=O)NC(CC(=O)O)C(=O)NC(CCCN=C(N)N)C(=O)O. The molecule has 0 aliphatic rings. The molecule has 1 heterocycles. The van der Waals surface area contributed by atoms with Gasteiger partial charge in [-0.15, -0.1) is 0 Å². The molecule has 0 saturated heterocycles. The van der Waals surface area contributed by atoms with Gasteiger partial charge in [-0.1, -0.05) is 13.8 Å². The molecule has 4 atom stereocenters. The Balaban J connectivity index is 2.92. The molecule has 212 valence electrons. The van der Waals surface area contributed by atoms with Crippen molar-refractivity contribution in [1.29, 1.82) is 0 Å². The van der Waals surface area contributed by atoms with Gasteiger partial charge in [0.2, 0.25) is 17.7 Å². The van der Waals surface area contributed by atoms with Crippen molar-refractivity contribution in [2.24, 2.45) is 28.1 Å². The van der Waals surface area contributed by atoms with Gasteiger partial charge >= 0.3 is 11.9 Å². The van der Waals surface area contributed by atoms with Crippen molar-refractivity contribution in [1.82, 2.24) is 25.9 Å². The number of hydrogen-bond acceptors (Lipinski definition) is 8. The van der Waals surface area contributed by atoms with E-state index in [-0.39, 0.29) is 44.1 Å². The normalized spacial score (nSPS) is 14.0. The Bertz CT molecular complexity index is 978. The number of rotatable bonds is 17. The average molecular weight is 540 g/mol. The van der Waals surface area contributed by atoms with Crippen LogP contribution in [-0.4, -0.2) is 86.5 Å². The number of aromatic amines is 1. The van der Waals surface area contributed by atoms with Gasteiger partial charge in [0.15, 0.2) is 5.96 Å². The van der Waals surface area contributed by atoms with Crippen molar-refractivity contribution < 1.29 is 34.2 Å². The first-order valence-corrected chi connectivity index (χ1v) is 11.9. The van der Waals surface area contributed by atoms with E-state index in [1.54, 1.807) is 13.8 Å². The summed E-state index contributed by atoms with van der Waals surface area (Å²) in [7, 11) is 0. The number of carbonyl (C=O) groups excluding carboxylic acids is 3. The number of nitrogens with one attached hydrogen (secondary N) is 4. The van der Waals surface area contributed by atoms with E-state index in [4.69, 9.17) is 17.2 Å². The van der Waals surface area contributed by atoms with Gasteiger partial charge in [0.25, 0.3) is 0 Å². The minimum Gasteiger partial charge on any atom is -0.481 e. The van der Waals surface area contributed by atoms with Crippen molar-refractivity contribution in [3.8, 4) is 0 Å². The van der Waals surface area contributed by atoms with Crippen molar-refractivity contribution in [2.75, 3.05) is 6.54 Å². The first kappa shape index (κ1) is 31.8. The zero-order valence-corrected chi connectivity index (χ0v) is 21.3. The van der Waals surface area contributed by atoms with E-state index in [1.807, 2.05) is 0 Å². The number of nitrogens with two attached hydrogens (primary N) is 3. The molecule has 0 aliphatic heterocycles. The molecule has 0 saturated carbocycles. The maximum Gasteiger partial charge on any atom is 0.326 e. The van der Waals surface area contributed by atoms with Crippen LogP contribution in [0.4, 0.5) is 0 Å². The number of aromatic nitrogens is 2. The summed E-state index contributed by atoms with van der Waals surface area (Å²) in [6, 6.07) is -5.12.